The summed E-state index contributed by atoms with van der Waals surface area (Å²) in [7, 11) is 0. The molecule has 1 saturated heterocycles. The molecule has 1 aromatic heterocycles. The van der Waals surface area contributed by atoms with Crippen molar-refractivity contribution in [1.82, 2.24) is 19.6 Å². The van der Waals surface area contributed by atoms with Crippen LogP contribution in [0.2, 0.25) is 5.02 Å². The lowest BCUT2D eigenvalue weighted by molar-refractivity contribution is 0.113. The molecular weight excluding hydrogens is 324 g/mol. The first-order valence-electron chi connectivity index (χ1n) is 8.52. The molecule has 0 bridgehead atoms. The highest BCUT2D eigenvalue weighted by Gasteiger charge is 2.16. The van der Waals surface area contributed by atoms with Gasteiger partial charge in [-0.05, 0) is 36.8 Å². The second-order valence-corrected chi connectivity index (χ2v) is 6.65. The van der Waals surface area contributed by atoms with Crippen molar-refractivity contribution in [2.45, 2.75) is 13.5 Å². The minimum Gasteiger partial charge on any atom is -0.492 e. The van der Waals surface area contributed by atoms with Crippen molar-refractivity contribution < 1.29 is 4.74 Å². The predicted molar refractivity (Wildman–Crippen MR) is 96.8 cm³/mol. The molecule has 0 radical (unpaired) electrons. The molecule has 5 nitrogen and oxygen atoms in total. The zero-order valence-electron chi connectivity index (χ0n) is 14.2. The van der Waals surface area contributed by atoms with Crippen molar-refractivity contribution in [3.05, 3.63) is 47.2 Å². The van der Waals surface area contributed by atoms with E-state index < -0.39 is 0 Å². The van der Waals surface area contributed by atoms with Crippen LogP contribution in [0.3, 0.4) is 0 Å². The summed E-state index contributed by atoms with van der Waals surface area (Å²) < 4.78 is 7.89. The lowest BCUT2D eigenvalue weighted by atomic mass is 10.2. The molecule has 0 spiro atoms. The average molecular weight is 349 g/mol. The maximum atomic E-state index is 5.97. The molecule has 1 aliphatic heterocycles. The van der Waals surface area contributed by atoms with Crippen LogP contribution in [0.25, 0.3) is 0 Å². The fourth-order valence-electron chi connectivity index (χ4n) is 2.97. The van der Waals surface area contributed by atoms with Crippen molar-refractivity contribution in [3.8, 4) is 5.75 Å². The van der Waals surface area contributed by atoms with E-state index in [1.807, 2.05) is 48.3 Å². The molecule has 1 fully saturated rings. The molecule has 2 heterocycles. The number of hydrogen-bond acceptors (Lipinski definition) is 4. The summed E-state index contributed by atoms with van der Waals surface area (Å²) in [6, 6.07) is 7.74. The van der Waals surface area contributed by atoms with Gasteiger partial charge in [0.1, 0.15) is 12.4 Å². The second kappa shape index (κ2) is 8.51. The summed E-state index contributed by atoms with van der Waals surface area (Å²) in [6.07, 6.45) is 3.85. The SMILES string of the molecule is Cc1cc(Cl)ccc1OCCN1CCN(CCn2cccn2)CC1. The third-order valence-electron chi connectivity index (χ3n) is 4.47. The second-order valence-electron chi connectivity index (χ2n) is 6.21. The molecule has 0 N–H and O–H groups in total. The molecule has 3 rings (SSSR count). The number of aryl methyl sites for hydroxylation is 1. The van der Waals surface area contributed by atoms with Gasteiger partial charge in [-0.1, -0.05) is 11.6 Å². The number of hydrogen-bond donors (Lipinski definition) is 0. The average Bonchev–Trinajstić information content (AvgIpc) is 3.10. The smallest absolute Gasteiger partial charge is 0.122 e. The highest BCUT2D eigenvalue weighted by Crippen LogP contribution is 2.21. The molecular formula is C18H25ClN4O. The van der Waals surface area contributed by atoms with Crippen LogP contribution >= 0.6 is 11.6 Å². The Balaban J connectivity index is 1.33. The number of piperazine rings is 1. The number of ether oxygens (including phenoxy) is 1. The third kappa shape index (κ3) is 4.97. The van der Waals surface area contributed by atoms with Crippen LogP contribution in [0, 0.1) is 6.92 Å². The van der Waals surface area contributed by atoms with Gasteiger partial charge in [0, 0.05) is 56.7 Å². The minimum atomic E-state index is 0.718. The standard InChI is InChI=1S/C18H25ClN4O/c1-16-15-17(19)3-4-18(16)24-14-13-22-9-7-21(8-10-22)11-12-23-6-2-5-20-23/h2-6,15H,7-14H2,1H3. The number of halogens is 1. The van der Waals surface area contributed by atoms with E-state index in [0.717, 1.165) is 68.8 Å². The molecule has 2 aromatic rings. The van der Waals surface area contributed by atoms with E-state index >= 15 is 0 Å². The van der Waals surface area contributed by atoms with Gasteiger partial charge < -0.3 is 4.74 Å². The molecule has 0 saturated carbocycles. The van der Waals surface area contributed by atoms with Crippen LogP contribution in [0.5, 0.6) is 5.75 Å². The van der Waals surface area contributed by atoms with Gasteiger partial charge in [0.05, 0.1) is 6.54 Å². The van der Waals surface area contributed by atoms with Gasteiger partial charge in [-0.2, -0.15) is 5.10 Å². The Morgan fingerprint density at radius 2 is 1.83 bits per heavy atom. The summed E-state index contributed by atoms with van der Waals surface area (Å²) in [5.74, 6) is 0.928. The van der Waals surface area contributed by atoms with Crippen LogP contribution in [-0.2, 0) is 6.54 Å². The topological polar surface area (TPSA) is 33.5 Å². The van der Waals surface area contributed by atoms with Crippen molar-refractivity contribution in [1.29, 1.82) is 0 Å². The predicted octanol–water partition coefficient (Wildman–Crippen LogP) is 2.54. The zero-order valence-corrected chi connectivity index (χ0v) is 15.0. The lowest BCUT2D eigenvalue weighted by Gasteiger charge is -2.34. The first kappa shape index (κ1) is 17.3. The molecule has 0 aliphatic carbocycles. The first-order valence-corrected chi connectivity index (χ1v) is 8.89. The van der Waals surface area contributed by atoms with Crippen molar-refractivity contribution in [2.75, 3.05) is 45.9 Å². The van der Waals surface area contributed by atoms with Gasteiger partial charge in [-0.3, -0.25) is 14.5 Å². The molecule has 1 aliphatic rings. The molecule has 1 aromatic carbocycles. The molecule has 0 amide bonds. The van der Waals surface area contributed by atoms with Gasteiger partial charge in [0.25, 0.3) is 0 Å². The van der Waals surface area contributed by atoms with E-state index in [1.165, 1.54) is 0 Å². The van der Waals surface area contributed by atoms with Crippen LogP contribution < -0.4 is 4.74 Å². The monoisotopic (exact) mass is 348 g/mol. The van der Waals surface area contributed by atoms with Crippen LogP contribution in [0.4, 0.5) is 0 Å². The van der Waals surface area contributed by atoms with E-state index in [0.29, 0.717) is 0 Å². The highest BCUT2D eigenvalue weighted by atomic mass is 35.5. The maximum absolute atomic E-state index is 5.97. The summed E-state index contributed by atoms with van der Waals surface area (Å²) in [5.41, 5.74) is 1.09. The molecule has 24 heavy (non-hydrogen) atoms. The Morgan fingerprint density at radius 1 is 1.08 bits per heavy atom. The van der Waals surface area contributed by atoms with Crippen LogP contribution in [-0.4, -0.2) is 65.5 Å². The van der Waals surface area contributed by atoms with Crippen molar-refractivity contribution in [2.24, 2.45) is 0 Å². The largest absolute Gasteiger partial charge is 0.492 e. The Morgan fingerprint density at radius 3 is 2.50 bits per heavy atom. The molecule has 0 unspecified atom stereocenters. The normalized spacial score (nSPS) is 16.4. The molecule has 130 valence electrons. The van der Waals surface area contributed by atoms with E-state index in [2.05, 4.69) is 14.9 Å². The maximum Gasteiger partial charge on any atom is 0.122 e. The highest BCUT2D eigenvalue weighted by molar-refractivity contribution is 6.30. The summed E-state index contributed by atoms with van der Waals surface area (Å²) >= 11 is 5.97. The molecule has 0 atom stereocenters. The zero-order chi connectivity index (χ0) is 16.8. The summed E-state index contributed by atoms with van der Waals surface area (Å²) in [4.78, 5) is 4.97. The van der Waals surface area contributed by atoms with E-state index in [9.17, 15) is 0 Å². The summed E-state index contributed by atoms with van der Waals surface area (Å²) in [6.45, 7) is 10.2. The number of nitrogens with zero attached hydrogens (tertiary/aromatic N) is 4. The Bertz CT molecular complexity index is 624. The quantitative estimate of drug-likeness (QED) is 0.770. The third-order valence-corrected chi connectivity index (χ3v) is 4.71. The Hall–Kier alpha value is -1.56. The lowest BCUT2D eigenvalue weighted by Crippen LogP contribution is -2.48. The van der Waals surface area contributed by atoms with Gasteiger partial charge in [-0.15, -0.1) is 0 Å². The Labute approximate surface area is 148 Å². The van der Waals surface area contributed by atoms with E-state index in [-0.39, 0.29) is 0 Å². The molecule has 6 heteroatoms. The summed E-state index contributed by atoms with van der Waals surface area (Å²) in [5, 5.41) is 5.01. The van der Waals surface area contributed by atoms with Crippen LogP contribution in [0.1, 0.15) is 5.56 Å². The van der Waals surface area contributed by atoms with Gasteiger partial charge in [0.2, 0.25) is 0 Å². The van der Waals surface area contributed by atoms with Crippen LogP contribution in [0.15, 0.2) is 36.7 Å². The van der Waals surface area contributed by atoms with Gasteiger partial charge in [0.15, 0.2) is 0 Å². The Kier molecular flexibility index (Phi) is 6.12. The van der Waals surface area contributed by atoms with Gasteiger partial charge in [-0.25, -0.2) is 0 Å². The van der Waals surface area contributed by atoms with Crippen molar-refractivity contribution in [3.63, 3.8) is 0 Å². The van der Waals surface area contributed by atoms with E-state index in [4.69, 9.17) is 16.3 Å². The number of benzene rings is 1. The number of rotatable bonds is 7. The van der Waals surface area contributed by atoms with Gasteiger partial charge >= 0.3 is 0 Å². The van der Waals surface area contributed by atoms with E-state index in [1.54, 1.807) is 0 Å². The minimum absolute atomic E-state index is 0.718. The fraction of sp³-hybridized carbons (Fsp3) is 0.500. The van der Waals surface area contributed by atoms with Crippen molar-refractivity contribution >= 4 is 11.6 Å². The number of aromatic nitrogens is 2. The first-order chi connectivity index (χ1) is 11.7. The fourth-order valence-corrected chi connectivity index (χ4v) is 3.20.